The molecule has 0 unspecified atom stereocenters. The summed E-state index contributed by atoms with van der Waals surface area (Å²) in [6, 6.07) is 13.9. The summed E-state index contributed by atoms with van der Waals surface area (Å²) in [6.07, 6.45) is 1.12. The van der Waals surface area contributed by atoms with Crippen LogP contribution >= 0.6 is 0 Å². The van der Waals surface area contributed by atoms with Crippen LogP contribution in [0.4, 0.5) is 10.5 Å². The lowest BCUT2D eigenvalue weighted by molar-refractivity contribution is -0.162. The molecule has 4 rings (SSSR count). The van der Waals surface area contributed by atoms with E-state index in [9.17, 15) is 19.8 Å². The molecule has 6 nitrogen and oxygen atoms in total. The summed E-state index contributed by atoms with van der Waals surface area (Å²) in [6.45, 7) is 2.24. The van der Waals surface area contributed by atoms with Gasteiger partial charge in [0, 0.05) is 18.8 Å². The number of aliphatic hydroxyl groups excluding tert-OH is 1. The first-order valence-electron chi connectivity index (χ1n) is 10.1. The number of amides is 2. The zero-order chi connectivity index (χ0) is 20.6. The molecule has 1 aliphatic carbocycles. The number of carbonyl (C=O) groups is 2. The maximum Gasteiger partial charge on any atom is 0.321 e. The Kier molecular flexibility index (Phi) is 5.04. The van der Waals surface area contributed by atoms with Gasteiger partial charge >= 0.3 is 12.0 Å². The number of carbonyl (C=O) groups excluding carboxylic acids is 1. The van der Waals surface area contributed by atoms with Crippen LogP contribution in [0.1, 0.15) is 37.3 Å². The Balaban J connectivity index is 1.50. The third-order valence-electron chi connectivity index (χ3n) is 6.24. The number of rotatable bonds is 4. The minimum absolute atomic E-state index is 0.0134. The van der Waals surface area contributed by atoms with E-state index in [0.29, 0.717) is 25.1 Å². The zero-order valence-electron chi connectivity index (χ0n) is 16.5. The molecule has 29 heavy (non-hydrogen) atoms. The molecule has 1 aliphatic heterocycles. The highest BCUT2D eigenvalue weighted by Gasteiger charge is 2.49. The van der Waals surface area contributed by atoms with Crippen molar-refractivity contribution in [3.05, 3.63) is 53.6 Å². The van der Waals surface area contributed by atoms with Crippen LogP contribution in [0.2, 0.25) is 0 Å². The van der Waals surface area contributed by atoms with Crippen LogP contribution in [0.15, 0.2) is 42.5 Å². The number of nitrogens with one attached hydrogen (secondary N) is 1. The molecule has 2 aliphatic rings. The van der Waals surface area contributed by atoms with Gasteiger partial charge in [0.25, 0.3) is 0 Å². The lowest BCUT2D eigenvalue weighted by Gasteiger charge is -2.43. The molecular weight excluding hydrogens is 368 g/mol. The van der Waals surface area contributed by atoms with Gasteiger partial charge in [0.1, 0.15) is 5.41 Å². The van der Waals surface area contributed by atoms with Gasteiger partial charge in [0.15, 0.2) is 0 Å². The van der Waals surface area contributed by atoms with E-state index < -0.39 is 17.5 Å². The van der Waals surface area contributed by atoms with Crippen molar-refractivity contribution in [2.75, 3.05) is 18.4 Å². The number of piperidine rings is 1. The lowest BCUT2D eigenvalue weighted by atomic mass is 9.74. The fraction of sp³-hybridized carbons (Fsp3) is 0.391. The second-order valence-electron chi connectivity index (χ2n) is 8.07. The first kappa shape index (κ1) is 19.5. The molecule has 0 radical (unpaired) electrons. The predicted octanol–water partition coefficient (Wildman–Crippen LogP) is 3.73. The summed E-state index contributed by atoms with van der Waals surface area (Å²) >= 11 is 0. The van der Waals surface area contributed by atoms with Crippen LogP contribution in [-0.2, 0) is 11.2 Å². The van der Waals surface area contributed by atoms with Crippen LogP contribution in [0.25, 0.3) is 11.1 Å². The lowest BCUT2D eigenvalue weighted by Crippen LogP contribution is -2.57. The van der Waals surface area contributed by atoms with E-state index in [-0.39, 0.29) is 19.0 Å². The minimum atomic E-state index is -1.30. The van der Waals surface area contributed by atoms with Gasteiger partial charge in [-0.1, -0.05) is 43.7 Å². The number of likely N-dealkylation sites (tertiary alicyclic amines) is 1. The maximum absolute atomic E-state index is 12.8. The molecule has 152 valence electrons. The molecule has 2 amide bonds. The van der Waals surface area contributed by atoms with E-state index in [2.05, 4.69) is 17.4 Å². The van der Waals surface area contributed by atoms with Gasteiger partial charge in [-0.05, 0) is 53.6 Å². The highest BCUT2D eigenvalue weighted by atomic mass is 16.4. The maximum atomic E-state index is 12.8. The number of hydrogen-bond donors (Lipinski definition) is 3. The molecule has 0 aromatic heterocycles. The van der Waals surface area contributed by atoms with E-state index in [1.807, 2.05) is 37.3 Å². The molecule has 0 saturated carbocycles. The van der Waals surface area contributed by atoms with Gasteiger partial charge in [0.05, 0.1) is 6.10 Å². The fourth-order valence-electron chi connectivity index (χ4n) is 4.69. The van der Waals surface area contributed by atoms with Gasteiger partial charge in [0.2, 0.25) is 0 Å². The van der Waals surface area contributed by atoms with Crippen molar-refractivity contribution >= 4 is 17.7 Å². The van der Waals surface area contributed by atoms with Gasteiger partial charge in [-0.3, -0.25) is 4.79 Å². The normalized spacial score (nSPS) is 22.7. The van der Waals surface area contributed by atoms with Crippen molar-refractivity contribution in [1.29, 1.82) is 0 Å². The number of carboxylic acid groups (broad SMARTS) is 1. The number of fused-ring (bicyclic) bond motifs is 3. The zero-order valence-corrected chi connectivity index (χ0v) is 16.5. The van der Waals surface area contributed by atoms with E-state index in [4.69, 9.17) is 0 Å². The van der Waals surface area contributed by atoms with E-state index in [1.165, 1.54) is 27.2 Å². The number of benzene rings is 2. The standard InChI is InChI=1S/C23H26N2O4/c1-2-10-23(21(27)28)14-25(11-9-20(23)26)22(29)24-17-7-8-19-16(13-17)12-15-5-3-4-6-18(15)19/h3-8,13,20,26H,2,9-12,14H2,1H3,(H,24,29)(H,27,28)/t20-,23+/m0/s1. The van der Waals surface area contributed by atoms with Crippen molar-refractivity contribution in [3.63, 3.8) is 0 Å². The molecule has 6 heteroatoms. The smallest absolute Gasteiger partial charge is 0.321 e. The largest absolute Gasteiger partial charge is 0.481 e. The van der Waals surface area contributed by atoms with Crippen molar-refractivity contribution in [3.8, 4) is 11.1 Å². The van der Waals surface area contributed by atoms with Crippen molar-refractivity contribution in [2.45, 2.75) is 38.7 Å². The van der Waals surface area contributed by atoms with Crippen LogP contribution in [0.3, 0.4) is 0 Å². The van der Waals surface area contributed by atoms with Crippen molar-refractivity contribution in [2.24, 2.45) is 5.41 Å². The number of carboxylic acids is 1. The number of nitrogens with zero attached hydrogens (tertiary/aromatic N) is 1. The Bertz CT molecular complexity index is 958. The van der Waals surface area contributed by atoms with Crippen molar-refractivity contribution < 1.29 is 19.8 Å². The highest BCUT2D eigenvalue weighted by molar-refractivity contribution is 5.91. The molecule has 2 aromatic carbocycles. The minimum Gasteiger partial charge on any atom is -0.481 e. The molecule has 3 N–H and O–H groups in total. The third-order valence-corrected chi connectivity index (χ3v) is 6.24. The predicted molar refractivity (Wildman–Crippen MR) is 111 cm³/mol. The summed E-state index contributed by atoms with van der Waals surface area (Å²) in [5, 5.41) is 23.0. The SMILES string of the molecule is CCC[C@@]1(C(=O)O)CN(C(=O)Nc2ccc3c(c2)Cc2ccccc2-3)CC[C@@H]1O. The van der Waals surface area contributed by atoms with Crippen LogP contribution in [-0.4, -0.2) is 46.3 Å². The number of aliphatic carboxylic acids is 1. The van der Waals surface area contributed by atoms with Crippen LogP contribution in [0, 0.1) is 5.41 Å². The third kappa shape index (κ3) is 3.38. The summed E-state index contributed by atoms with van der Waals surface area (Å²) in [4.78, 5) is 26.3. The van der Waals surface area contributed by atoms with Crippen LogP contribution in [0.5, 0.6) is 0 Å². The Hall–Kier alpha value is -2.86. The van der Waals surface area contributed by atoms with Gasteiger partial charge in [-0.2, -0.15) is 0 Å². The number of anilines is 1. The fourth-order valence-corrected chi connectivity index (χ4v) is 4.69. The first-order chi connectivity index (χ1) is 13.9. The van der Waals surface area contributed by atoms with E-state index in [0.717, 1.165) is 6.42 Å². The molecule has 2 aromatic rings. The highest BCUT2D eigenvalue weighted by Crippen LogP contribution is 2.38. The Labute approximate surface area is 170 Å². The summed E-state index contributed by atoms with van der Waals surface area (Å²) in [5.41, 5.74) is 4.27. The van der Waals surface area contributed by atoms with Gasteiger partial charge < -0.3 is 20.4 Å². The number of aliphatic hydroxyl groups is 1. The molecule has 0 spiro atoms. The number of hydrogen-bond acceptors (Lipinski definition) is 3. The molecule has 1 fully saturated rings. The molecule has 2 atom stereocenters. The molecule has 1 saturated heterocycles. The van der Waals surface area contributed by atoms with E-state index >= 15 is 0 Å². The van der Waals surface area contributed by atoms with Crippen molar-refractivity contribution in [1.82, 2.24) is 4.90 Å². The number of urea groups is 1. The molecule has 0 bridgehead atoms. The first-order valence-corrected chi connectivity index (χ1v) is 10.1. The average Bonchev–Trinajstić information content (AvgIpc) is 3.07. The average molecular weight is 394 g/mol. The Morgan fingerprint density at radius 2 is 1.93 bits per heavy atom. The monoisotopic (exact) mass is 394 g/mol. The van der Waals surface area contributed by atoms with Gasteiger partial charge in [-0.15, -0.1) is 0 Å². The second kappa shape index (κ2) is 7.52. The van der Waals surface area contributed by atoms with E-state index in [1.54, 1.807) is 0 Å². The summed E-state index contributed by atoms with van der Waals surface area (Å²) in [7, 11) is 0. The summed E-state index contributed by atoms with van der Waals surface area (Å²) < 4.78 is 0. The van der Waals surface area contributed by atoms with Crippen LogP contribution < -0.4 is 5.32 Å². The molecular formula is C23H26N2O4. The topological polar surface area (TPSA) is 89.9 Å². The molecule has 1 heterocycles. The quantitative estimate of drug-likeness (QED) is 0.629. The summed E-state index contributed by atoms with van der Waals surface area (Å²) in [5.74, 6) is -1.04. The second-order valence-corrected chi connectivity index (χ2v) is 8.07. The Morgan fingerprint density at radius 1 is 1.17 bits per heavy atom. The van der Waals surface area contributed by atoms with Gasteiger partial charge in [-0.25, -0.2) is 4.79 Å². The Morgan fingerprint density at radius 3 is 2.69 bits per heavy atom.